The van der Waals surface area contributed by atoms with Gasteiger partial charge in [-0.1, -0.05) is 24.3 Å². The molecule has 3 aromatic carbocycles. The molecular weight excluding hydrogens is 366 g/mol. The van der Waals surface area contributed by atoms with Crippen LogP contribution < -0.4 is 4.57 Å². The predicted molar refractivity (Wildman–Crippen MR) is 123 cm³/mol. The Hall–Kier alpha value is -3.64. The van der Waals surface area contributed by atoms with Crippen LogP contribution >= 0.6 is 0 Å². The van der Waals surface area contributed by atoms with E-state index in [-0.39, 0.29) is 0 Å². The largest absolute Gasteiger partial charge is 0.307 e. The molecule has 6 rings (SSSR count). The van der Waals surface area contributed by atoms with E-state index in [4.69, 9.17) is 0 Å². The Bertz CT molecular complexity index is 1740. The van der Waals surface area contributed by atoms with Gasteiger partial charge in [-0.3, -0.25) is 0 Å². The van der Waals surface area contributed by atoms with Gasteiger partial charge in [0, 0.05) is 16.8 Å². The number of para-hydroxylation sites is 1. The summed E-state index contributed by atoms with van der Waals surface area (Å²) in [4.78, 5) is 0. The van der Waals surface area contributed by atoms with E-state index in [1.165, 1.54) is 55.1 Å². The number of fused-ring (bicyclic) bond motifs is 6. The van der Waals surface area contributed by atoms with Crippen molar-refractivity contribution in [3.8, 4) is 6.07 Å². The lowest BCUT2D eigenvalue weighted by molar-refractivity contribution is -0.643. The molecule has 0 saturated heterocycles. The van der Waals surface area contributed by atoms with E-state index in [1.54, 1.807) is 0 Å². The normalized spacial score (nSPS) is 12.1. The zero-order valence-electron chi connectivity index (χ0n) is 17.9. The van der Waals surface area contributed by atoms with E-state index in [1.807, 2.05) is 0 Å². The Kier molecular flexibility index (Phi) is 3.15. The number of hydrogen-bond donors (Lipinski definition) is 0. The molecule has 0 atom stereocenters. The second kappa shape index (κ2) is 5.49. The van der Waals surface area contributed by atoms with Gasteiger partial charge >= 0.3 is 0 Å². The van der Waals surface area contributed by atoms with Gasteiger partial charge in [0.25, 0.3) is 0 Å². The average molecular weight is 388 g/mol. The molecule has 30 heavy (non-hydrogen) atoms. The Morgan fingerprint density at radius 1 is 0.833 bits per heavy atom. The molecule has 0 saturated carbocycles. The van der Waals surface area contributed by atoms with Crippen molar-refractivity contribution in [3.05, 3.63) is 70.4 Å². The number of benzene rings is 3. The van der Waals surface area contributed by atoms with E-state index >= 15 is 0 Å². The maximum atomic E-state index is 10.0. The second-order valence-electron chi connectivity index (χ2n) is 8.66. The molecule has 0 aliphatic carbocycles. The van der Waals surface area contributed by atoms with Crippen molar-refractivity contribution in [3.63, 3.8) is 0 Å². The SMILES string of the molecule is Cc1cc(C)c2c(c1C)c1c3c(cc[n+]1C)cc(C#N)c1c4cccc(C)c4n2c13. The van der Waals surface area contributed by atoms with Crippen LogP contribution in [0.1, 0.15) is 27.8 Å². The fraction of sp³-hybridized carbons (Fsp3) is 0.185. The van der Waals surface area contributed by atoms with Crippen LogP contribution in [0.25, 0.3) is 49.0 Å². The molecule has 3 aromatic heterocycles. The zero-order valence-corrected chi connectivity index (χ0v) is 17.9. The zero-order chi connectivity index (χ0) is 20.9. The highest BCUT2D eigenvalue weighted by molar-refractivity contribution is 6.29. The summed E-state index contributed by atoms with van der Waals surface area (Å²) in [6.07, 6.45) is 2.12. The lowest BCUT2D eigenvalue weighted by Crippen LogP contribution is -2.29. The van der Waals surface area contributed by atoms with Crippen LogP contribution in [0.3, 0.4) is 0 Å². The van der Waals surface area contributed by atoms with Gasteiger partial charge in [-0.2, -0.15) is 5.26 Å². The maximum Gasteiger partial charge on any atom is 0.224 e. The quantitative estimate of drug-likeness (QED) is 0.181. The third kappa shape index (κ3) is 1.82. The van der Waals surface area contributed by atoms with E-state index in [9.17, 15) is 5.26 Å². The van der Waals surface area contributed by atoms with Crippen molar-refractivity contribution in [1.82, 2.24) is 4.40 Å². The fourth-order valence-electron chi connectivity index (χ4n) is 5.54. The minimum Gasteiger partial charge on any atom is -0.307 e. The van der Waals surface area contributed by atoms with Gasteiger partial charge in [-0.25, -0.2) is 4.57 Å². The number of hydrogen-bond acceptors (Lipinski definition) is 1. The number of nitrogens with zero attached hydrogens (tertiary/aromatic N) is 3. The van der Waals surface area contributed by atoms with Gasteiger partial charge in [-0.05, 0) is 61.4 Å². The van der Waals surface area contributed by atoms with Crippen molar-refractivity contribution in [2.75, 3.05) is 0 Å². The third-order valence-corrected chi connectivity index (χ3v) is 6.94. The van der Waals surface area contributed by atoms with Crippen molar-refractivity contribution in [1.29, 1.82) is 5.26 Å². The number of rotatable bonds is 0. The summed E-state index contributed by atoms with van der Waals surface area (Å²) in [6, 6.07) is 15.4. The van der Waals surface area contributed by atoms with E-state index in [2.05, 4.69) is 92.4 Å². The minimum absolute atomic E-state index is 0.747. The van der Waals surface area contributed by atoms with Crippen LogP contribution in [0.5, 0.6) is 0 Å². The maximum absolute atomic E-state index is 10.0. The summed E-state index contributed by atoms with van der Waals surface area (Å²) >= 11 is 0. The molecule has 3 nitrogen and oxygen atoms in total. The smallest absolute Gasteiger partial charge is 0.224 e. The van der Waals surface area contributed by atoms with Crippen LogP contribution in [0, 0.1) is 39.0 Å². The molecule has 6 aromatic rings. The Balaban J connectivity index is 2.21. The molecule has 3 heteroatoms. The van der Waals surface area contributed by atoms with Crippen molar-refractivity contribution in [2.24, 2.45) is 7.05 Å². The average Bonchev–Trinajstić information content (AvgIpc) is 3.08. The standard InChI is InChI=1S/C27H22N3/c1-14-7-6-8-20-22-19(13-28)12-18-9-10-29(5)26-21-17(4)15(2)11-16(3)25(21)30(24(14)20)27(22)23(18)26/h6-12H,1-5H3/q+1. The van der Waals surface area contributed by atoms with E-state index < -0.39 is 0 Å². The predicted octanol–water partition coefficient (Wildman–Crippen LogP) is 5.92. The van der Waals surface area contributed by atoms with Crippen LogP contribution in [0.4, 0.5) is 0 Å². The molecule has 0 amide bonds. The molecule has 0 fully saturated rings. The van der Waals surface area contributed by atoms with Crippen LogP contribution in [-0.2, 0) is 7.05 Å². The molecular formula is C27H22N3+. The first-order valence-corrected chi connectivity index (χ1v) is 10.3. The van der Waals surface area contributed by atoms with Gasteiger partial charge in [0.15, 0.2) is 6.20 Å². The van der Waals surface area contributed by atoms with Crippen molar-refractivity contribution < 1.29 is 4.57 Å². The topological polar surface area (TPSA) is 32.1 Å². The van der Waals surface area contributed by atoms with Gasteiger partial charge in [-0.15, -0.1) is 0 Å². The van der Waals surface area contributed by atoms with Crippen LogP contribution in [-0.4, -0.2) is 4.40 Å². The lowest BCUT2D eigenvalue weighted by Gasteiger charge is -2.16. The Morgan fingerprint density at radius 3 is 2.40 bits per heavy atom. The van der Waals surface area contributed by atoms with Gasteiger partial charge < -0.3 is 4.40 Å². The highest BCUT2D eigenvalue weighted by Gasteiger charge is 2.27. The van der Waals surface area contributed by atoms with E-state index in [0.717, 1.165) is 21.7 Å². The van der Waals surface area contributed by atoms with E-state index in [0.29, 0.717) is 0 Å². The molecule has 0 N–H and O–H groups in total. The molecule has 0 aliphatic heterocycles. The van der Waals surface area contributed by atoms with Gasteiger partial charge in [0.2, 0.25) is 5.52 Å². The van der Waals surface area contributed by atoms with Gasteiger partial charge in [0.1, 0.15) is 7.05 Å². The summed E-state index contributed by atoms with van der Waals surface area (Å²) in [6.45, 7) is 8.81. The summed E-state index contributed by atoms with van der Waals surface area (Å²) in [7, 11) is 2.13. The Labute approximate surface area is 174 Å². The summed E-state index contributed by atoms with van der Waals surface area (Å²) in [5.41, 5.74) is 10.7. The molecule has 144 valence electrons. The molecule has 0 bridgehead atoms. The molecule has 0 radical (unpaired) electrons. The summed E-state index contributed by atoms with van der Waals surface area (Å²) < 4.78 is 4.68. The third-order valence-electron chi connectivity index (χ3n) is 6.94. The lowest BCUT2D eigenvalue weighted by atomic mass is 9.94. The first-order chi connectivity index (χ1) is 14.4. The highest BCUT2D eigenvalue weighted by atomic mass is 15.0. The van der Waals surface area contributed by atoms with Crippen LogP contribution in [0.15, 0.2) is 42.6 Å². The first kappa shape index (κ1) is 17.2. The Morgan fingerprint density at radius 2 is 1.63 bits per heavy atom. The highest BCUT2D eigenvalue weighted by Crippen LogP contribution is 2.44. The second-order valence-corrected chi connectivity index (χ2v) is 8.66. The molecule has 0 spiro atoms. The number of pyridine rings is 2. The van der Waals surface area contributed by atoms with Crippen LogP contribution in [0.2, 0.25) is 0 Å². The molecule has 3 heterocycles. The fourth-order valence-corrected chi connectivity index (χ4v) is 5.54. The number of aromatic nitrogens is 2. The molecule has 0 aliphatic rings. The monoisotopic (exact) mass is 388 g/mol. The van der Waals surface area contributed by atoms with Gasteiger partial charge in [0.05, 0.1) is 39.0 Å². The summed E-state index contributed by atoms with van der Waals surface area (Å²) in [5, 5.41) is 15.9. The van der Waals surface area contributed by atoms with Crippen molar-refractivity contribution in [2.45, 2.75) is 27.7 Å². The number of nitriles is 1. The first-order valence-electron chi connectivity index (χ1n) is 10.3. The van der Waals surface area contributed by atoms with Crippen molar-refractivity contribution >= 4 is 49.0 Å². The summed E-state index contributed by atoms with van der Waals surface area (Å²) in [5.74, 6) is 0. The minimum atomic E-state index is 0.747. The number of aryl methyl sites for hydroxylation is 5. The molecule has 0 unspecified atom stereocenters.